The second kappa shape index (κ2) is 5.94. The molecule has 21 heavy (non-hydrogen) atoms. The van der Waals surface area contributed by atoms with Gasteiger partial charge in [-0.2, -0.15) is 0 Å². The quantitative estimate of drug-likeness (QED) is 0.568. The third kappa shape index (κ3) is 3.38. The summed E-state index contributed by atoms with van der Waals surface area (Å²) in [6.45, 7) is 0. The fraction of sp³-hybridized carbons (Fsp3) is 0.0833. The van der Waals surface area contributed by atoms with E-state index in [1.165, 1.54) is 25.3 Å². The summed E-state index contributed by atoms with van der Waals surface area (Å²) in [6, 6.07) is 6.23. The number of aromatic nitrogens is 1. The predicted molar refractivity (Wildman–Crippen MR) is 75.8 cm³/mol. The maximum absolute atomic E-state index is 13.1. The van der Waals surface area contributed by atoms with E-state index >= 15 is 0 Å². The van der Waals surface area contributed by atoms with Crippen LogP contribution in [0.15, 0.2) is 41.4 Å². The number of halogens is 1. The third-order valence-corrected chi connectivity index (χ3v) is 3.95. The number of rotatable bonds is 5. The van der Waals surface area contributed by atoms with E-state index in [1.54, 1.807) is 0 Å². The molecule has 1 heterocycles. The first kappa shape index (κ1) is 15.0. The number of hydrogen-bond donors (Lipinski definition) is 3. The van der Waals surface area contributed by atoms with Gasteiger partial charge in [0.05, 0.1) is 12.8 Å². The minimum Gasteiger partial charge on any atom is -0.494 e. The van der Waals surface area contributed by atoms with Gasteiger partial charge in [0.1, 0.15) is 22.3 Å². The number of anilines is 2. The number of benzene rings is 1. The number of nitrogens with two attached hydrogens (primary N) is 1. The first-order valence-electron chi connectivity index (χ1n) is 5.75. The van der Waals surface area contributed by atoms with E-state index in [4.69, 9.17) is 10.6 Å². The van der Waals surface area contributed by atoms with E-state index in [-0.39, 0.29) is 16.3 Å². The maximum atomic E-state index is 13.1. The molecule has 4 N–H and O–H groups in total. The number of methoxy groups -OCH3 is 1. The molecule has 0 spiro atoms. The number of ether oxygens (including phenoxy) is 1. The molecule has 0 aliphatic heterocycles. The highest BCUT2D eigenvalue weighted by Gasteiger charge is 2.17. The monoisotopic (exact) mass is 312 g/mol. The molecule has 0 unspecified atom stereocenters. The lowest BCUT2D eigenvalue weighted by Gasteiger charge is -2.12. The summed E-state index contributed by atoms with van der Waals surface area (Å²) in [5, 5.41) is 0. The molecule has 0 radical (unpaired) electrons. The fourth-order valence-electron chi connectivity index (χ4n) is 1.58. The van der Waals surface area contributed by atoms with E-state index in [0.717, 1.165) is 18.3 Å². The van der Waals surface area contributed by atoms with Gasteiger partial charge in [-0.1, -0.05) is 0 Å². The molecule has 0 aliphatic carbocycles. The van der Waals surface area contributed by atoms with Crippen molar-refractivity contribution in [2.24, 2.45) is 5.84 Å². The Balaban J connectivity index is 2.32. The number of hydrazine groups is 1. The standard InChI is InChI=1S/C12H13FN4O3S/c1-20-11-6-8(13)2-4-10(11)17-21(18,19)9-3-5-12(16-14)15-7-9/h2-7,17H,14H2,1H3,(H,15,16). The first-order valence-corrected chi connectivity index (χ1v) is 7.23. The van der Waals surface area contributed by atoms with Crippen molar-refractivity contribution in [3.63, 3.8) is 0 Å². The van der Waals surface area contributed by atoms with E-state index in [1.807, 2.05) is 0 Å². The Labute approximate surface area is 121 Å². The Morgan fingerprint density at radius 1 is 1.29 bits per heavy atom. The maximum Gasteiger partial charge on any atom is 0.263 e. The lowest BCUT2D eigenvalue weighted by Crippen LogP contribution is -2.15. The van der Waals surface area contributed by atoms with Crippen LogP contribution in [0.1, 0.15) is 0 Å². The molecule has 1 aromatic heterocycles. The molecule has 0 saturated heterocycles. The summed E-state index contributed by atoms with van der Waals surface area (Å²) in [5.74, 6) is 5.03. The van der Waals surface area contributed by atoms with Crippen LogP contribution in [-0.2, 0) is 10.0 Å². The lowest BCUT2D eigenvalue weighted by atomic mass is 10.3. The van der Waals surface area contributed by atoms with Crippen LogP contribution in [0.5, 0.6) is 5.75 Å². The molecule has 1 aromatic carbocycles. The van der Waals surface area contributed by atoms with Crippen molar-refractivity contribution in [1.82, 2.24) is 4.98 Å². The highest BCUT2D eigenvalue weighted by molar-refractivity contribution is 7.92. The lowest BCUT2D eigenvalue weighted by molar-refractivity contribution is 0.413. The van der Waals surface area contributed by atoms with Gasteiger partial charge < -0.3 is 10.2 Å². The van der Waals surface area contributed by atoms with Crippen LogP contribution in [0.25, 0.3) is 0 Å². The van der Waals surface area contributed by atoms with Crippen LogP contribution >= 0.6 is 0 Å². The number of pyridine rings is 1. The highest BCUT2D eigenvalue weighted by Crippen LogP contribution is 2.27. The summed E-state index contributed by atoms with van der Waals surface area (Å²) >= 11 is 0. The molecule has 112 valence electrons. The average molecular weight is 312 g/mol. The summed E-state index contributed by atoms with van der Waals surface area (Å²) in [7, 11) is -2.55. The Morgan fingerprint density at radius 3 is 2.62 bits per heavy atom. The number of nitrogens with one attached hydrogen (secondary N) is 2. The molecule has 0 saturated carbocycles. The van der Waals surface area contributed by atoms with Crippen LogP contribution in [0.4, 0.5) is 15.9 Å². The minimum atomic E-state index is -3.87. The van der Waals surface area contributed by atoms with Gasteiger partial charge in [-0.3, -0.25) is 4.72 Å². The Bertz CT molecular complexity index is 735. The molecule has 7 nitrogen and oxygen atoms in total. The molecular weight excluding hydrogens is 299 g/mol. The summed E-state index contributed by atoms with van der Waals surface area (Å²) in [6.07, 6.45) is 1.15. The van der Waals surface area contributed by atoms with Gasteiger partial charge in [0.25, 0.3) is 10.0 Å². The number of nitrogen functional groups attached to an aromatic ring is 1. The predicted octanol–water partition coefficient (Wildman–Crippen LogP) is 1.32. The van der Waals surface area contributed by atoms with Gasteiger partial charge in [-0.05, 0) is 24.3 Å². The van der Waals surface area contributed by atoms with Crippen molar-refractivity contribution in [3.05, 3.63) is 42.3 Å². The SMILES string of the molecule is COc1cc(F)ccc1NS(=O)(=O)c1ccc(NN)nc1. The van der Waals surface area contributed by atoms with Gasteiger partial charge in [0.15, 0.2) is 0 Å². The zero-order chi connectivity index (χ0) is 15.5. The molecule has 0 bridgehead atoms. The summed E-state index contributed by atoms with van der Waals surface area (Å²) in [4.78, 5) is 3.75. The Kier molecular flexibility index (Phi) is 4.24. The second-order valence-corrected chi connectivity index (χ2v) is 5.66. The van der Waals surface area contributed by atoms with Crippen LogP contribution in [0.2, 0.25) is 0 Å². The van der Waals surface area contributed by atoms with Crippen LogP contribution in [0.3, 0.4) is 0 Å². The number of hydrogen-bond acceptors (Lipinski definition) is 6. The second-order valence-electron chi connectivity index (χ2n) is 3.97. The molecule has 0 atom stereocenters. The van der Waals surface area contributed by atoms with E-state index in [9.17, 15) is 12.8 Å². The molecule has 2 aromatic rings. The molecular formula is C12H13FN4O3S. The van der Waals surface area contributed by atoms with Crippen LogP contribution < -0.4 is 20.7 Å². The van der Waals surface area contributed by atoms with Gasteiger partial charge in [0.2, 0.25) is 0 Å². The normalized spacial score (nSPS) is 11.0. The smallest absolute Gasteiger partial charge is 0.263 e. The Morgan fingerprint density at radius 2 is 2.05 bits per heavy atom. The van der Waals surface area contributed by atoms with Crippen molar-refractivity contribution in [3.8, 4) is 5.75 Å². The van der Waals surface area contributed by atoms with Gasteiger partial charge >= 0.3 is 0 Å². The molecule has 2 rings (SSSR count). The zero-order valence-electron chi connectivity index (χ0n) is 11.0. The van der Waals surface area contributed by atoms with Crippen molar-refractivity contribution in [1.29, 1.82) is 0 Å². The molecule has 0 aliphatic rings. The number of sulfonamides is 1. The minimum absolute atomic E-state index is 0.0621. The van der Waals surface area contributed by atoms with Gasteiger partial charge in [-0.25, -0.2) is 23.6 Å². The highest BCUT2D eigenvalue weighted by atomic mass is 32.2. The largest absolute Gasteiger partial charge is 0.494 e. The van der Waals surface area contributed by atoms with E-state index in [0.29, 0.717) is 5.82 Å². The summed E-state index contributed by atoms with van der Waals surface area (Å²) < 4.78 is 44.7. The zero-order valence-corrected chi connectivity index (χ0v) is 11.8. The number of nitrogens with zero attached hydrogens (tertiary/aromatic N) is 1. The van der Waals surface area contributed by atoms with Crippen molar-refractivity contribution in [2.45, 2.75) is 4.90 Å². The van der Waals surface area contributed by atoms with Gasteiger partial charge in [-0.15, -0.1) is 0 Å². The fourth-order valence-corrected chi connectivity index (χ4v) is 2.59. The molecule has 0 fully saturated rings. The van der Waals surface area contributed by atoms with Crippen molar-refractivity contribution >= 4 is 21.5 Å². The van der Waals surface area contributed by atoms with Crippen LogP contribution in [0, 0.1) is 5.82 Å². The topological polar surface area (TPSA) is 106 Å². The van der Waals surface area contributed by atoms with E-state index in [2.05, 4.69) is 15.1 Å². The summed E-state index contributed by atoms with van der Waals surface area (Å²) in [5.41, 5.74) is 2.42. The average Bonchev–Trinajstić information content (AvgIpc) is 2.49. The van der Waals surface area contributed by atoms with Gasteiger partial charge in [0, 0.05) is 12.3 Å². The molecule has 0 amide bonds. The van der Waals surface area contributed by atoms with Crippen molar-refractivity contribution in [2.75, 3.05) is 17.3 Å². The molecule has 9 heteroatoms. The Hall–Kier alpha value is -2.39. The third-order valence-electron chi connectivity index (χ3n) is 2.60. The first-order chi connectivity index (χ1) is 9.96. The van der Waals surface area contributed by atoms with Crippen LogP contribution in [-0.4, -0.2) is 20.5 Å². The van der Waals surface area contributed by atoms with Crippen molar-refractivity contribution < 1.29 is 17.5 Å². The van der Waals surface area contributed by atoms with E-state index < -0.39 is 15.8 Å².